The van der Waals surface area contributed by atoms with Gasteiger partial charge in [0.1, 0.15) is 0 Å². The van der Waals surface area contributed by atoms with Crippen LogP contribution in [-0.4, -0.2) is 73.5 Å². The van der Waals surface area contributed by atoms with E-state index in [1.54, 1.807) is 4.90 Å². The second-order valence-electron chi connectivity index (χ2n) is 8.07. The molecule has 8 nitrogen and oxygen atoms in total. The first-order chi connectivity index (χ1) is 12.9. The second-order valence-corrected chi connectivity index (χ2v) is 8.07. The van der Waals surface area contributed by atoms with E-state index in [1.807, 2.05) is 4.90 Å². The van der Waals surface area contributed by atoms with Crippen molar-refractivity contribution in [3.63, 3.8) is 0 Å². The molecule has 2 unspecified atom stereocenters. The van der Waals surface area contributed by atoms with Crippen molar-refractivity contribution in [2.45, 2.75) is 39.5 Å². The highest BCUT2D eigenvalue weighted by atomic mass is 16.2. The summed E-state index contributed by atoms with van der Waals surface area (Å²) in [5.41, 5.74) is 5.44. The molecule has 4 N–H and O–H groups in total. The minimum atomic E-state index is -0.172. The Morgan fingerprint density at radius 1 is 1.00 bits per heavy atom. The average Bonchev–Trinajstić information content (AvgIpc) is 2.69. The third-order valence-electron chi connectivity index (χ3n) is 5.27. The van der Waals surface area contributed by atoms with Gasteiger partial charge in [0, 0.05) is 45.8 Å². The van der Waals surface area contributed by atoms with Crippen molar-refractivity contribution in [1.29, 1.82) is 0 Å². The Hall–Kier alpha value is -1.83. The Labute approximate surface area is 162 Å². The molecule has 2 aliphatic rings. The van der Waals surface area contributed by atoms with E-state index >= 15 is 0 Å². The van der Waals surface area contributed by atoms with Crippen LogP contribution in [0.2, 0.25) is 0 Å². The van der Waals surface area contributed by atoms with Gasteiger partial charge in [-0.1, -0.05) is 13.8 Å². The number of nitrogens with two attached hydrogens (primary N) is 1. The van der Waals surface area contributed by atoms with Crippen LogP contribution in [0.4, 0.5) is 4.79 Å². The van der Waals surface area contributed by atoms with Crippen LogP contribution >= 0.6 is 0 Å². The summed E-state index contributed by atoms with van der Waals surface area (Å²) >= 11 is 0. The molecule has 2 saturated heterocycles. The van der Waals surface area contributed by atoms with Crippen molar-refractivity contribution < 1.29 is 14.4 Å². The van der Waals surface area contributed by atoms with E-state index in [0.717, 1.165) is 25.7 Å². The molecular weight excluding hydrogens is 346 g/mol. The number of hydrogen-bond donors (Lipinski definition) is 3. The van der Waals surface area contributed by atoms with Crippen molar-refractivity contribution >= 4 is 17.8 Å². The molecule has 0 spiro atoms. The van der Waals surface area contributed by atoms with Crippen molar-refractivity contribution in [2.75, 3.05) is 45.8 Å². The van der Waals surface area contributed by atoms with Crippen LogP contribution in [0.5, 0.6) is 0 Å². The molecule has 0 aromatic rings. The first-order valence-corrected chi connectivity index (χ1v) is 10.2. The van der Waals surface area contributed by atoms with E-state index < -0.39 is 0 Å². The van der Waals surface area contributed by atoms with Gasteiger partial charge in [-0.3, -0.25) is 9.59 Å². The predicted molar refractivity (Wildman–Crippen MR) is 104 cm³/mol. The second kappa shape index (κ2) is 10.5. The maximum Gasteiger partial charge on any atom is 0.317 e. The number of carbonyl (C=O) groups excluding carboxylic acids is 3. The van der Waals surface area contributed by atoms with Crippen LogP contribution in [0.25, 0.3) is 0 Å². The smallest absolute Gasteiger partial charge is 0.317 e. The van der Waals surface area contributed by atoms with Crippen LogP contribution in [0.1, 0.15) is 39.5 Å². The molecule has 2 rings (SSSR count). The number of rotatable bonds is 6. The average molecular weight is 382 g/mol. The normalized spacial score (nSPS) is 23.3. The maximum absolute atomic E-state index is 13.0. The summed E-state index contributed by atoms with van der Waals surface area (Å²) in [6.07, 6.45) is 3.26. The number of nitrogens with one attached hydrogen (secondary N) is 2. The lowest BCUT2D eigenvalue weighted by molar-refractivity contribution is -0.140. The van der Waals surface area contributed by atoms with Gasteiger partial charge in [0.05, 0.1) is 11.8 Å². The van der Waals surface area contributed by atoms with Crippen LogP contribution in [0.3, 0.4) is 0 Å². The van der Waals surface area contributed by atoms with Gasteiger partial charge in [0.25, 0.3) is 0 Å². The molecule has 154 valence electrons. The molecule has 0 saturated carbocycles. The molecule has 8 heteroatoms. The fourth-order valence-corrected chi connectivity index (χ4v) is 3.76. The Kier molecular flexibility index (Phi) is 8.34. The first-order valence-electron chi connectivity index (χ1n) is 10.2. The third-order valence-corrected chi connectivity index (χ3v) is 5.27. The number of amides is 4. The highest BCUT2D eigenvalue weighted by Crippen LogP contribution is 2.23. The van der Waals surface area contributed by atoms with Gasteiger partial charge in [-0.2, -0.15) is 0 Å². The fourth-order valence-electron chi connectivity index (χ4n) is 3.76. The van der Waals surface area contributed by atoms with Gasteiger partial charge in [-0.15, -0.1) is 0 Å². The van der Waals surface area contributed by atoms with Crippen LogP contribution in [-0.2, 0) is 9.59 Å². The molecule has 2 atom stereocenters. The van der Waals surface area contributed by atoms with E-state index in [-0.39, 0.29) is 29.7 Å². The molecule has 2 heterocycles. The van der Waals surface area contributed by atoms with Gasteiger partial charge in [-0.25, -0.2) is 4.79 Å². The largest absolute Gasteiger partial charge is 0.355 e. The van der Waals surface area contributed by atoms with Crippen LogP contribution in [0, 0.1) is 17.8 Å². The zero-order valence-electron chi connectivity index (χ0n) is 16.7. The Morgan fingerprint density at radius 3 is 2.30 bits per heavy atom. The molecular formula is C19H35N5O3. The number of nitrogens with zero attached hydrogens (tertiary/aromatic N) is 2. The molecule has 0 aromatic heterocycles. The minimum absolute atomic E-state index is 0.0173. The predicted octanol–water partition coefficient (Wildman–Crippen LogP) is 0.378. The molecule has 4 amide bonds. The number of likely N-dealkylation sites (tertiary alicyclic amines) is 2. The quantitative estimate of drug-likeness (QED) is 0.618. The lowest BCUT2D eigenvalue weighted by Crippen LogP contribution is -2.52. The van der Waals surface area contributed by atoms with Crippen molar-refractivity contribution in [1.82, 2.24) is 20.4 Å². The first kappa shape index (κ1) is 21.5. The fraction of sp³-hybridized carbons (Fsp3) is 0.842. The topological polar surface area (TPSA) is 108 Å². The third kappa shape index (κ3) is 6.37. The molecule has 27 heavy (non-hydrogen) atoms. The SMILES string of the molecule is CC(C)CNC(=O)N1CCCC(C(=O)N2CCCC(C(=O)NCCN)C2)C1. The molecule has 0 aliphatic carbocycles. The zero-order valence-corrected chi connectivity index (χ0v) is 16.7. The number of hydrogen-bond acceptors (Lipinski definition) is 4. The van der Waals surface area contributed by atoms with Crippen LogP contribution in [0.15, 0.2) is 0 Å². The summed E-state index contributed by atoms with van der Waals surface area (Å²) in [4.78, 5) is 41.1. The number of piperidine rings is 2. The minimum Gasteiger partial charge on any atom is -0.355 e. The zero-order chi connectivity index (χ0) is 19.8. The maximum atomic E-state index is 13.0. The van der Waals surface area contributed by atoms with Crippen molar-refractivity contribution in [2.24, 2.45) is 23.5 Å². The molecule has 2 aliphatic heterocycles. The van der Waals surface area contributed by atoms with E-state index in [0.29, 0.717) is 51.7 Å². The van der Waals surface area contributed by atoms with E-state index in [2.05, 4.69) is 24.5 Å². The van der Waals surface area contributed by atoms with E-state index in [1.165, 1.54) is 0 Å². The summed E-state index contributed by atoms with van der Waals surface area (Å²) in [7, 11) is 0. The Balaban J connectivity index is 1.88. The molecule has 0 bridgehead atoms. The van der Waals surface area contributed by atoms with Crippen molar-refractivity contribution in [3.05, 3.63) is 0 Å². The summed E-state index contributed by atoms with van der Waals surface area (Å²) in [5.74, 6) is 0.119. The molecule has 0 aromatic carbocycles. The summed E-state index contributed by atoms with van der Waals surface area (Å²) in [5, 5.41) is 5.75. The molecule has 0 radical (unpaired) electrons. The van der Waals surface area contributed by atoms with E-state index in [4.69, 9.17) is 5.73 Å². The Bertz CT molecular complexity index is 525. The molecule has 2 fully saturated rings. The van der Waals surface area contributed by atoms with Crippen molar-refractivity contribution in [3.8, 4) is 0 Å². The summed E-state index contributed by atoms with van der Waals surface area (Å²) < 4.78 is 0. The van der Waals surface area contributed by atoms with Gasteiger partial charge < -0.3 is 26.2 Å². The monoisotopic (exact) mass is 381 g/mol. The lowest BCUT2D eigenvalue weighted by atomic mass is 9.92. The van der Waals surface area contributed by atoms with Crippen LogP contribution < -0.4 is 16.4 Å². The van der Waals surface area contributed by atoms with Gasteiger partial charge in [0.2, 0.25) is 11.8 Å². The standard InChI is InChI=1S/C19H35N5O3/c1-14(2)11-22-19(27)24-10-4-6-16(13-24)18(26)23-9-3-5-15(12-23)17(25)21-8-7-20/h14-16H,3-13,20H2,1-2H3,(H,21,25)(H,22,27). The number of carbonyl (C=O) groups is 3. The highest BCUT2D eigenvalue weighted by Gasteiger charge is 2.34. The van der Waals surface area contributed by atoms with Gasteiger partial charge in [0.15, 0.2) is 0 Å². The van der Waals surface area contributed by atoms with Gasteiger partial charge >= 0.3 is 6.03 Å². The lowest BCUT2D eigenvalue weighted by Gasteiger charge is -2.38. The number of urea groups is 1. The van der Waals surface area contributed by atoms with Gasteiger partial charge in [-0.05, 0) is 31.6 Å². The Morgan fingerprint density at radius 2 is 1.63 bits per heavy atom. The highest BCUT2D eigenvalue weighted by molar-refractivity contribution is 5.83. The summed E-state index contributed by atoms with van der Waals surface area (Å²) in [6, 6.07) is -0.0844. The summed E-state index contributed by atoms with van der Waals surface area (Å²) in [6.45, 7) is 7.93. The van der Waals surface area contributed by atoms with E-state index in [9.17, 15) is 14.4 Å².